The predicted molar refractivity (Wildman–Crippen MR) is 90.0 cm³/mol. The van der Waals surface area contributed by atoms with Gasteiger partial charge in [0.15, 0.2) is 0 Å². The molecule has 1 aromatic carbocycles. The lowest BCUT2D eigenvalue weighted by Gasteiger charge is -2.36. The Morgan fingerprint density at radius 2 is 2.10 bits per heavy atom. The number of aliphatic hydroxyl groups is 1. The number of hydrogen-bond acceptors (Lipinski definition) is 3. The van der Waals surface area contributed by atoms with Crippen molar-refractivity contribution in [2.75, 3.05) is 25.0 Å². The van der Waals surface area contributed by atoms with Crippen molar-refractivity contribution in [2.24, 2.45) is 11.8 Å². The first-order chi connectivity index (χ1) is 9.97. The van der Waals surface area contributed by atoms with E-state index in [1.165, 1.54) is 11.3 Å². The molecular formula is C17H27ClN2O. The molecule has 0 aromatic heterocycles. The summed E-state index contributed by atoms with van der Waals surface area (Å²) in [5, 5.41) is 13.7. The van der Waals surface area contributed by atoms with Gasteiger partial charge in [-0.15, -0.1) is 0 Å². The van der Waals surface area contributed by atoms with Gasteiger partial charge in [-0.2, -0.15) is 0 Å². The maximum Gasteiger partial charge on any atom is 0.0546 e. The van der Waals surface area contributed by atoms with Crippen LogP contribution in [0.5, 0.6) is 0 Å². The van der Waals surface area contributed by atoms with Crippen LogP contribution in [0.1, 0.15) is 32.3 Å². The fraction of sp³-hybridized carbons (Fsp3) is 0.647. The molecule has 1 aromatic rings. The lowest BCUT2D eigenvalue weighted by atomic mass is 9.82. The van der Waals surface area contributed by atoms with Crippen molar-refractivity contribution in [1.29, 1.82) is 0 Å². The van der Waals surface area contributed by atoms with E-state index in [4.69, 9.17) is 11.6 Å². The van der Waals surface area contributed by atoms with Gasteiger partial charge in [-0.05, 0) is 43.4 Å². The summed E-state index contributed by atoms with van der Waals surface area (Å²) in [5.74, 6) is 1.23. The standard InChI is InChI=1S/C17H27ClN2O/c1-12(2)9-19-10-15-16(18)5-4-6-17(15)20(3)11-13-7-14(21)8-13/h4-6,12-14,19,21H,7-11H2,1-3H3. The minimum Gasteiger partial charge on any atom is -0.393 e. The maximum absolute atomic E-state index is 9.42. The molecule has 0 radical (unpaired) electrons. The zero-order valence-corrected chi connectivity index (χ0v) is 14.0. The largest absolute Gasteiger partial charge is 0.393 e. The predicted octanol–water partition coefficient (Wildman–Crippen LogP) is 3.29. The second-order valence-corrected chi connectivity index (χ2v) is 7.04. The first kappa shape index (κ1) is 16.6. The number of halogens is 1. The summed E-state index contributed by atoms with van der Waals surface area (Å²) in [7, 11) is 2.11. The molecule has 1 aliphatic rings. The number of nitrogens with zero attached hydrogens (tertiary/aromatic N) is 1. The number of hydrogen-bond donors (Lipinski definition) is 2. The Morgan fingerprint density at radius 3 is 2.71 bits per heavy atom. The van der Waals surface area contributed by atoms with Gasteiger partial charge in [0.2, 0.25) is 0 Å². The summed E-state index contributed by atoms with van der Waals surface area (Å²) >= 11 is 6.39. The summed E-state index contributed by atoms with van der Waals surface area (Å²) < 4.78 is 0. The van der Waals surface area contributed by atoms with E-state index in [-0.39, 0.29) is 6.10 Å². The highest BCUT2D eigenvalue weighted by Crippen LogP contribution is 2.32. The van der Waals surface area contributed by atoms with Gasteiger partial charge < -0.3 is 15.3 Å². The molecular weight excluding hydrogens is 284 g/mol. The Labute approximate surface area is 133 Å². The zero-order valence-electron chi connectivity index (χ0n) is 13.3. The van der Waals surface area contributed by atoms with Gasteiger partial charge in [-0.3, -0.25) is 0 Å². The molecule has 3 nitrogen and oxygen atoms in total. The summed E-state index contributed by atoms with van der Waals surface area (Å²) in [5.41, 5.74) is 2.36. The van der Waals surface area contributed by atoms with E-state index in [9.17, 15) is 5.11 Å². The van der Waals surface area contributed by atoms with Crippen LogP contribution in [-0.2, 0) is 6.54 Å². The van der Waals surface area contributed by atoms with Crippen molar-refractivity contribution in [3.63, 3.8) is 0 Å². The molecule has 0 saturated heterocycles. The van der Waals surface area contributed by atoms with E-state index in [1.807, 2.05) is 12.1 Å². The number of rotatable bonds is 7. The molecule has 1 fully saturated rings. The monoisotopic (exact) mass is 310 g/mol. The Balaban J connectivity index is 2.01. The van der Waals surface area contributed by atoms with E-state index in [0.29, 0.717) is 11.8 Å². The van der Waals surface area contributed by atoms with Crippen molar-refractivity contribution >= 4 is 17.3 Å². The average molecular weight is 311 g/mol. The first-order valence-electron chi connectivity index (χ1n) is 7.84. The van der Waals surface area contributed by atoms with Crippen molar-refractivity contribution in [2.45, 2.75) is 39.3 Å². The highest BCUT2D eigenvalue weighted by molar-refractivity contribution is 6.31. The molecule has 0 amide bonds. The van der Waals surface area contributed by atoms with Crippen molar-refractivity contribution < 1.29 is 5.11 Å². The minimum absolute atomic E-state index is 0.0880. The Hall–Kier alpha value is -0.770. The normalized spacial score (nSPS) is 21.4. The van der Waals surface area contributed by atoms with Crippen LogP contribution in [0.2, 0.25) is 5.02 Å². The molecule has 21 heavy (non-hydrogen) atoms. The van der Waals surface area contributed by atoms with Crippen LogP contribution < -0.4 is 10.2 Å². The molecule has 2 rings (SSSR count). The van der Waals surface area contributed by atoms with Crippen LogP contribution in [-0.4, -0.2) is 31.3 Å². The van der Waals surface area contributed by atoms with Crippen LogP contribution in [0.25, 0.3) is 0 Å². The lowest BCUT2D eigenvalue weighted by molar-refractivity contribution is 0.0464. The third-order valence-electron chi connectivity index (χ3n) is 4.10. The number of anilines is 1. The molecule has 4 heteroatoms. The molecule has 118 valence electrons. The molecule has 1 saturated carbocycles. The van der Waals surface area contributed by atoms with Crippen LogP contribution in [0.15, 0.2) is 18.2 Å². The molecule has 0 spiro atoms. The highest BCUT2D eigenvalue weighted by atomic mass is 35.5. The van der Waals surface area contributed by atoms with Crippen LogP contribution >= 0.6 is 11.6 Å². The second kappa shape index (κ2) is 7.48. The van der Waals surface area contributed by atoms with E-state index in [1.54, 1.807) is 0 Å². The molecule has 0 aliphatic heterocycles. The van der Waals surface area contributed by atoms with E-state index >= 15 is 0 Å². The van der Waals surface area contributed by atoms with Gasteiger partial charge in [0, 0.05) is 36.4 Å². The number of benzene rings is 1. The minimum atomic E-state index is -0.0880. The van der Waals surface area contributed by atoms with E-state index in [2.05, 4.69) is 37.2 Å². The second-order valence-electron chi connectivity index (χ2n) is 6.63. The fourth-order valence-corrected chi connectivity index (χ4v) is 3.14. The maximum atomic E-state index is 9.42. The third kappa shape index (κ3) is 4.60. The zero-order chi connectivity index (χ0) is 15.4. The van der Waals surface area contributed by atoms with Crippen LogP contribution in [0.3, 0.4) is 0 Å². The Morgan fingerprint density at radius 1 is 1.38 bits per heavy atom. The van der Waals surface area contributed by atoms with Crippen molar-refractivity contribution in [3.8, 4) is 0 Å². The van der Waals surface area contributed by atoms with Gasteiger partial charge >= 0.3 is 0 Å². The highest BCUT2D eigenvalue weighted by Gasteiger charge is 2.28. The quantitative estimate of drug-likeness (QED) is 0.811. The molecule has 1 aliphatic carbocycles. The molecule has 0 bridgehead atoms. The SMILES string of the molecule is CC(C)CNCc1c(Cl)cccc1N(C)CC1CC(O)C1. The number of aliphatic hydroxyl groups excluding tert-OH is 1. The van der Waals surface area contributed by atoms with Crippen LogP contribution in [0, 0.1) is 11.8 Å². The molecule has 0 heterocycles. The van der Waals surface area contributed by atoms with E-state index < -0.39 is 0 Å². The average Bonchev–Trinajstić information content (AvgIpc) is 2.38. The van der Waals surface area contributed by atoms with Gasteiger partial charge in [0.25, 0.3) is 0 Å². The molecule has 0 unspecified atom stereocenters. The van der Waals surface area contributed by atoms with Crippen molar-refractivity contribution in [1.82, 2.24) is 5.32 Å². The molecule has 0 atom stereocenters. The van der Waals surface area contributed by atoms with Gasteiger partial charge in [0.05, 0.1) is 6.10 Å². The first-order valence-corrected chi connectivity index (χ1v) is 8.22. The molecule has 2 N–H and O–H groups in total. The summed E-state index contributed by atoms with van der Waals surface area (Å²) in [6, 6.07) is 6.10. The summed E-state index contributed by atoms with van der Waals surface area (Å²) in [6.07, 6.45) is 1.76. The van der Waals surface area contributed by atoms with Crippen LogP contribution in [0.4, 0.5) is 5.69 Å². The van der Waals surface area contributed by atoms with Gasteiger partial charge in [0.1, 0.15) is 0 Å². The third-order valence-corrected chi connectivity index (χ3v) is 4.46. The smallest absolute Gasteiger partial charge is 0.0546 e. The Bertz CT molecular complexity index is 458. The van der Waals surface area contributed by atoms with Gasteiger partial charge in [-0.25, -0.2) is 0 Å². The Kier molecular flexibility index (Phi) is 5.91. The number of nitrogens with one attached hydrogen (secondary N) is 1. The van der Waals surface area contributed by atoms with E-state index in [0.717, 1.165) is 37.5 Å². The van der Waals surface area contributed by atoms with Crippen molar-refractivity contribution in [3.05, 3.63) is 28.8 Å². The summed E-state index contributed by atoms with van der Waals surface area (Å²) in [4.78, 5) is 2.27. The fourth-order valence-electron chi connectivity index (χ4n) is 2.90. The summed E-state index contributed by atoms with van der Waals surface area (Å²) in [6.45, 7) is 7.17. The van der Waals surface area contributed by atoms with Gasteiger partial charge in [-0.1, -0.05) is 31.5 Å². The lowest BCUT2D eigenvalue weighted by Crippen LogP contribution is -2.37. The topological polar surface area (TPSA) is 35.5 Å².